The van der Waals surface area contributed by atoms with Gasteiger partial charge in [-0.3, -0.25) is 0 Å². The van der Waals surface area contributed by atoms with Crippen molar-refractivity contribution >= 4 is 0 Å². The third kappa shape index (κ3) is 19.8. The molecular formula is C16H34O6. The minimum Gasteiger partial charge on any atom is -0.368 e. The Kier molecular flexibility index (Phi) is 18.6. The van der Waals surface area contributed by atoms with Crippen LogP contribution in [-0.2, 0) is 24.6 Å². The maximum Gasteiger partial charge on any atom is 0.151 e. The van der Waals surface area contributed by atoms with Gasteiger partial charge in [0.1, 0.15) is 6.61 Å². The Morgan fingerprint density at radius 3 is 1.73 bits per heavy atom. The summed E-state index contributed by atoms with van der Waals surface area (Å²) >= 11 is 0. The van der Waals surface area contributed by atoms with Crippen LogP contribution in [0.1, 0.15) is 78.1 Å². The predicted molar refractivity (Wildman–Crippen MR) is 83.6 cm³/mol. The molecule has 0 fully saturated rings. The molecule has 0 aliphatic carbocycles. The van der Waals surface area contributed by atoms with Crippen molar-refractivity contribution < 1.29 is 29.7 Å². The Morgan fingerprint density at radius 1 is 0.682 bits per heavy atom. The van der Waals surface area contributed by atoms with E-state index in [1.807, 2.05) is 0 Å². The van der Waals surface area contributed by atoms with Crippen LogP contribution >= 0.6 is 0 Å². The van der Waals surface area contributed by atoms with E-state index in [2.05, 4.69) is 21.9 Å². The first-order valence-corrected chi connectivity index (χ1v) is 8.64. The lowest BCUT2D eigenvalue weighted by Gasteiger charge is -2.06. The van der Waals surface area contributed by atoms with Crippen molar-refractivity contribution in [1.29, 1.82) is 0 Å². The first-order valence-electron chi connectivity index (χ1n) is 8.64. The molecule has 0 heterocycles. The van der Waals surface area contributed by atoms with Gasteiger partial charge < -0.3 is 9.84 Å². The van der Waals surface area contributed by atoms with Gasteiger partial charge in [-0.05, 0) is 23.4 Å². The molecule has 0 amide bonds. The summed E-state index contributed by atoms with van der Waals surface area (Å²) in [5.74, 6) is 0. The number of rotatable bonds is 18. The van der Waals surface area contributed by atoms with E-state index in [9.17, 15) is 0 Å². The van der Waals surface area contributed by atoms with Crippen LogP contribution in [0.15, 0.2) is 0 Å². The Bertz CT molecular complexity index is 201. The number of unbranched alkanes of at least 4 members (excludes halogenated alkanes) is 9. The van der Waals surface area contributed by atoms with Crippen LogP contribution in [0.5, 0.6) is 0 Å². The molecule has 0 radical (unpaired) electrons. The first kappa shape index (κ1) is 21.8. The molecule has 1 atom stereocenters. The zero-order chi connectivity index (χ0) is 16.3. The lowest BCUT2D eigenvalue weighted by molar-refractivity contribution is -0.634. The maximum absolute atomic E-state index is 8.80. The average molecular weight is 322 g/mol. The summed E-state index contributed by atoms with van der Waals surface area (Å²) in [5.41, 5.74) is 0. The molecule has 0 spiro atoms. The van der Waals surface area contributed by atoms with E-state index in [1.165, 1.54) is 58.3 Å². The van der Waals surface area contributed by atoms with E-state index in [1.54, 1.807) is 0 Å². The van der Waals surface area contributed by atoms with Crippen LogP contribution in [0.4, 0.5) is 0 Å². The molecule has 134 valence electrons. The Balaban J connectivity index is 2.94. The molecule has 0 aliphatic heterocycles. The zero-order valence-corrected chi connectivity index (χ0v) is 14.3. The van der Waals surface area contributed by atoms with Gasteiger partial charge >= 0.3 is 0 Å². The lowest BCUT2D eigenvalue weighted by atomic mass is 10.1. The molecule has 6 heteroatoms. The monoisotopic (exact) mass is 322 g/mol. The summed E-state index contributed by atoms with van der Waals surface area (Å²) < 4.78 is 4.82. The molecule has 0 aromatic carbocycles. The zero-order valence-electron chi connectivity index (χ0n) is 14.3. The molecule has 1 unspecified atom stereocenters. The summed E-state index contributed by atoms with van der Waals surface area (Å²) in [4.78, 5) is 9.40. The molecule has 1 N–H and O–H groups in total. The predicted octanol–water partition coefficient (Wildman–Crippen LogP) is 4.07. The van der Waals surface area contributed by atoms with Crippen molar-refractivity contribution in [3.63, 3.8) is 0 Å². The van der Waals surface area contributed by atoms with Gasteiger partial charge in [-0.25, -0.2) is 9.78 Å². The van der Waals surface area contributed by atoms with Crippen molar-refractivity contribution in [2.75, 3.05) is 19.8 Å². The van der Waals surface area contributed by atoms with E-state index in [4.69, 9.17) is 14.7 Å². The molecule has 0 saturated carbocycles. The normalized spacial score (nSPS) is 12.7. The molecule has 22 heavy (non-hydrogen) atoms. The van der Waals surface area contributed by atoms with E-state index < -0.39 is 6.29 Å². The second-order valence-electron chi connectivity index (χ2n) is 5.43. The standard InChI is InChI=1S/C16H34O6/c1-3-4-5-6-7-8-9-10-11-12-13-19-21-22-20-15-14-18-16(2)17/h16-17H,3-15H2,1-2H3. The second kappa shape index (κ2) is 18.8. The summed E-state index contributed by atoms with van der Waals surface area (Å²) in [6.45, 7) is 4.64. The topological polar surface area (TPSA) is 66.4 Å². The molecular weight excluding hydrogens is 288 g/mol. The van der Waals surface area contributed by atoms with Gasteiger partial charge in [-0.2, -0.15) is 0 Å². The van der Waals surface area contributed by atoms with Crippen LogP contribution in [0, 0.1) is 0 Å². The average Bonchev–Trinajstić information content (AvgIpc) is 2.50. The highest BCUT2D eigenvalue weighted by Crippen LogP contribution is 2.10. The largest absolute Gasteiger partial charge is 0.368 e. The smallest absolute Gasteiger partial charge is 0.151 e. The van der Waals surface area contributed by atoms with E-state index in [-0.39, 0.29) is 13.2 Å². The lowest BCUT2D eigenvalue weighted by Crippen LogP contribution is -2.12. The van der Waals surface area contributed by atoms with Crippen molar-refractivity contribution in [1.82, 2.24) is 0 Å². The molecule has 0 aromatic heterocycles. The number of hydrogen-bond acceptors (Lipinski definition) is 6. The van der Waals surface area contributed by atoms with E-state index >= 15 is 0 Å². The Labute approximate surface area is 134 Å². The van der Waals surface area contributed by atoms with Crippen LogP contribution < -0.4 is 0 Å². The van der Waals surface area contributed by atoms with Crippen LogP contribution in [0.3, 0.4) is 0 Å². The Hall–Kier alpha value is -0.240. The highest BCUT2D eigenvalue weighted by molar-refractivity contribution is 4.46. The van der Waals surface area contributed by atoms with Gasteiger partial charge in [0.2, 0.25) is 0 Å². The van der Waals surface area contributed by atoms with Crippen molar-refractivity contribution in [2.45, 2.75) is 84.3 Å². The fraction of sp³-hybridized carbons (Fsp3) is 1.00. The van der Waals surface area contributed by atoms with Gasteiger partial charge in [0.05, 0.1) is 13.2 Å². The summed E-state index contributed by atoms with van der Waals surface area (Å²) in [6.07, 6.45) is 12.0. The SMILES string of the molecule is CCCCCCCCCCCCOOOOCCOC(C)O. The van der Waals surface area contributed by atoms with Crippen LogP contribution in [-0.4, -0.2) is 31.2 Å². The van der Waals surface area contributed by atoms with Gasteiger partial charge in [0.15, 0.2) is 6.29 Å². The quantitative estimate of drug-likeness (QED) is 0.177. The second-order valence-corrected chi connectivity index (χ2v) is 5.43. The van der Waals surface area contributed by atoms with Gasteiger partial charge in [-0.1, -0.05) is 64.7 Å². The molecule has 0 aliphatic rings. The maximum atomic E-state index is 8.80. The highest BCUT2D eigenvalue weighted by Gasteiger charge is 1.97. The fourth-order valence-electron chi connectivity index (χ4n) is 2.01. The van der Waals surface area contributed by atoms with Crippen molar-refractivity contribution in [3.8, 4) is 0 Å². The summed E-state index contributed by atoms with van der Waals surface area (Å²) in [5, 5.41) is 17.5. The third-order valence-corrected chi connectivity index (χ3v) is 3.23. The fourth-order valence-corrected chi connectivity index (χ4v) is 2.01. The highest BCUT2D eigenvalue weighted by atomic mass is 17.7. The Morgan fingerprint density at radius 2 is 1.18 bits per heavy atom. The van der Waals surface area contributed by atoms with E-state index in [0.29, 0.717) is 6.61 Å². The van der Waals surface area contributed by atoms with Crippen LogP contribution in [0.2, 0.25) is 0 Å². The molecule has 6 nitrogen and oxygen atoms in total. The number of ether oxygens (including phenoxy) is 1. The summed E-state index contributed by atoms with van der Waals surface area (Å²) in [7, 11) is 0. The third-order valence-electron chi connectivity index (χ3n) is 3.23. The molecule has 0 aromatic rings. The number of aliphatic hydroxyl groups excluding tert-OH is 1. The van der Waals surface area contributed by atoms with Gasteiger partial charge in [0, 0.05) is 0 Å². The minimum absolute atomic E-state index is 0.159. The minimum atomic E-state index is -0.808. The van der Waals surface area contributed by atoms with Gasteiger partial charge in [-0.15, -0.1) is 0 Å². The van der Waals surface area contributed by atoms with Crippen molar-refractivity contribution in [3.05, 3.63) is 0 Å². The first-order chi connectivity index (χ1) is 10.8. The summed E-state index contributed by atoms with van der Waals surface area (Å²) in [6, 6.07) is 0. The molecule has 0 saturated heterocycles. The van der Waals surface area contributed by atoms with Gasteiger partial charge in [0.25, 0.3) is 0 Å². The van der Waals surface area contributed by atoms with Crippen molar-refractivity contribution in [2.24, 2.45) is 0 Å². The van der Waals surface area contributed by atoms with E-state index in [0.717, 1.165) is 12.8 Å². The number of aliphatic hydroxyl groups is 1. The van der Waals surface area contributed by atoms with Crippen LogP contribution in [0.25, 0.3) is 0 Å². The molecule has 0 rings (SSSR count). The molecule has 0 bridgehead atoms. The number of hydrogen-bond donors (Lipinski definition) is 1.